The molecule has 118 valence electrons. The molecule has 0 aliphatic carbocycles. The lowest BCUT2D eigenvalue weighted by atomic mass is 10.0. The number of carbonyl (C=O) groups is 1. The van der Waals surface area contributed by atoms with Gasteiger partial charge in [-0.3, -0.25) is 14.4 Å². The number of hydrogen-bond acceptors (Lipinski definition) is 4. The lowest BCUT2D eigenvalue weighted by Gasteiger charge is -2.29. The lowest BCUT2D eigenvalue weighted by Crippen LogP contribution is -2.43. The fraction of sp³-hybridized carbons (Fsp3) is 0.733. The van der Waals surface area contributed by atoms with Crippen molar-refractivity contribution in [2.45, 2.75) is 45.8 Å². The average molecular weight is 295 g/mol. The summed E-state index contributed by atoms with van der Waals surface area (Å²) in [5, 5.41) is 13.7. The largest absolute Gasteiger partial charge is 0.481 e. The van der Waals surface area contributed by atoms with Crippen molar-refractivity contribution in [2.75, 3.05) is 19.8 Å². The highest BCUT2D eigenvalue weighted by Crippen LogP contribution is 2.22. The first-order valence-electron chi connectivity index (χ1n) is 7.71. The van der Waals surface area contributed by atoms with Crippen LogP contribution in [0.1, 0.15) is 32.3 Å². The van der Waals surface area contributed by atoms with Gasteiger partial charge in [-0.15, -0.1) is 0 Å². The zero-order valence-corrected chi connectivity index (χ0v) is 12.9. The third-order valence-corrected chi connectivity index (χ3v) is 3.87. The normalized spacial score (nSPS) is 22.0. The summed E-state index contributed by atoms with van der Waals surface area (Å²) in [6.45, 7) is 7.57. The van der Waals surface area contributed by atoms with Gasteiger partial charge in [0.25, 0.3) is 0 Å². The third kappa shape index (κ3) is 4.04. The lowest BCUT2D eigenvalue weighted by molar-refractivity contribution is -0.143. The van der Waals surface area contributed by atoms with E-state index in [1.807, 2.05) is 10.9 Å². The van der Waals surface area contributed by atoms with Gasteiger partial charge in [0.05, 0.1) is 25.3 Å². The molecule has 1 saturated heterocycles. The predicted octanol–water partition coefficient (Wildman–Crippen LogP) is 1.60. The van der Waals surface area contributed by atoms with Crippen molar-refractivity contribution in [1.29, 1.82) is 0 Å². The van der Waals surface area contributed by atoms with Crippen molar-refractivity contribution in [1.82, 2.24) is 14.7 Å². The SMILES string of the molecule is CCCN(Cc1cnn(CCC)c1)C1COCC1C(=O)O. The molecular formula is C15H25N3O3. The van der Waals surface area contributed by atoms with Crippen LogP contribution in [0.3, 0.4) is 0 Å². The van der Waals surface area contributed by atoms with E-state index in [-0.39, 0.29) is 6.04 Å². The molecule has 2 unspecified atom stereocenters. The zero-order chi connectivity index (χ0) is 15.2. The minimum atomic E-state index is -0.764. The Morgan fingerprint density at radius 2 is 2.29 bits per heavy atom. The standard InChI is InChI=1S/C15H25N3O3/c1-3-5-17(14-11-21-10-13(14)15(19)20)8-12-7-16-18(9-12)6-4-2/h7,9,13-14H,3-6,8,10-11H2,1-2H3,(H,19,20). The van der Waals surface area contributed by atoms with Gasteiger partial charge in [-0.2, -0.15) is 5.10 Å². The van der Waals surface area contributed by atoms with E-state index in [1.165, 1.54) is 0 Å². The maximum absolute atomic E-state index is 11.3. The number of aromatic nitrogens is 2. The Balaban J connectivity index is 2.05. The van der Waals surface area contributed by atoms with E-state index < -0.39 is 11.9 Å². The highest BCUT2D eigenvalue weighted by atomic mass is 16.5. The van der Waals surface area contributed by atoms with E-state index in [0.29, 0.717) is 13.2 Å². The Morgan fingerprint density at radius 3 is 2.95 bits per heavy atom. The maximum atomic E-state index is 11.3. The maximum Gasteiger partial charge on any atom is 0.310 e. The first-order chi connectivity index (χ1) is 10.2. The van der Waals surface area contributed by atoms with Gasteiger partial charge in [0.2, 0.25) is 0 Å². The Morgan fingerprint density at radius 1 is 1.48 bits per heavy atom. The number of carboxylic acid groups (broad SMARTS) is 1. The topological polar surface area (TPSA) is 67.6 Å². The Hall–Kier alpha value is -1.40. The highest BCUT2D eigenvalue weighted by Gasteiger charge is 2.37. The van der Waals surface area contributed by atoms with E-state index in [0.717, 1.165) is 38.0 Å². The second kappa shape index (κ2) is 7.56. The molecule has 1 aliphatic rings. The molecule has 0 saturated carbocycles. The van der Waals surface area contributed by atoms with Crippen molar-refractivity contribution in [3.05, 3.63) is 18.0 Å². The van der Waals surface area contributed by atoms with E-state index in [4.69, 9.17) is 4.74 Å². The molecule has 21 heavy (non-hydrogen) atoms. The van der Waals surface area contributed by atoms with Crippen LogP contribution in [0.5, 0.6) is 0 Å². The number of carboxylic acids is 1. The van der Waals surface area contributed by atoms with E-state index in [9.17, 15) is 9.90 Å². The van der Waals surface area contributed by atoms with Gasteiger partial charge in [-0.1, -0.05) is 13.8 Å². The Labute approximate surface area is 125 Å². The number of aryl methyl sites for hydroxylation is 1. The molecule has 0 radical (unpaired) electrons. The van der Waals surface area contributed by atoms with Crippen molar-refractivity contribution in [2.24, 2.45) is 5.92 Å². The first kappa shape index (κ1) is 16.0. The monoisotopic (exact) mass is 295 g/mol. The molecule has 1 N–H and O–H groups in total. The van der Waals surface area contributed by atoms with Gasteiger partial charge in [0, 0.05) is 30.9 Å². The summed E-state index contributed by atoms with van der Waals surface area (Å²) in [7, 11) is 0. The molecule has 0 bridgehead atoms. The van der Waals surface area contributed by atoms with Crippen LogP contribution in [-0.2, 0) is 22.6 Å². The van der Waals surface area contributed by atoms with Crippen molar-refractivity contribution >= 4 is 5.97 Å². The van der Waals surface area contributed by atoms with Crippen molar-refractivity contribution < 1.29 is 14.6 Å². The molecular weight excluding hydrogens is 270 g/mol. The molecule has 0 amide bonds. The molecule has 6 heteroatoms. The summed E-state index contributed by atoms with van der Waals surface area (Å²) in [5.74, 6) is -1.19. The van der Waals surface area contributed by atoms with Gasteiger partial charge in [-0.25, -0.2) is 0 Å². The Bertz CT molecular complexity index is 461. The summed E-state index contributed by atoms with van der Waals surface area (Å²) in [6.07, 6.45) is 5.98. The molecule has 2 atom stereocenters. The smallest absolute Gasteiger partial charge is 0.310 e. The molecule has 0 aromatic carbocycles. The highest BCUT2D eigenvalue weighted by molar-refractivity contribution is 5.71. The van der Waals surface area contributed by atoms with Gasteiger partial charge >= 0.3 is 5.97 Å². The van der Waals surface area contributed by atoms with E-state index in [2.05, 4.69) is 30.0 Å². The molecule has 1 aliphatic heterocycles. The van der Waals surface area contributed by atoms with Crippen LogP contribution >= 0.6 is 0 Å². The minimum absolute atomic E-state index is 0.0445. The van der Waals surface area contributed by atoms with Crippen LogP contribution < -0.4 is 0 Å². The van der Waals surface area contributed by atoms with Crippen LogP contribution in [0.4, 0.5) is 0 Å². The second-order valence-corrected chi connectivity index (χ2v) is 5.63. The summed E-state index contributed by atoms with van der Waals surface area (Å²) in [5.41, 5.74) is 1.13. The van der Waals surface area contributed by atoms with Crippen molar-refractivity contribution in [3.63, 3.8) is 0 Å². The summed E-state index contributed by atoms with van der Waals surface area (Å²) in [6, 6.07) is -0.0445. The fourth-order valence-electron chi connectivity index (χ4n) is 2.86. The van der Waals surface area contributed by atoms with Gasteiger partial charge in [-0.05, 0) is 19.4 Å². The molecule has 1 aromatic heterocycles. The molecule has 2 rings (SSSR count). The molecule has 6 nitrogen and oxygen atoms in total. The third-order valence-electron chi connectivity index (χ3n) is 3.87. The quantitative estimate of drug-likeness (QED) is 0.789. The van der Waals surface area contributed by atoms with E-state index in [1.54, 1.807) is 0 Å². The van der Waals surface area contributed by atoms with Crippen molar-refractivity contribution in [3.8, 4) is 0 Å². The molecule has 0 spiro atoms. The van der Waals surface area contributed by atoms with Crippen LogP contribution in [0, 0.1) is 5.92 Å². The fourth-order valence-corrected chi connectivity index (χ4v) is 2.86. The minimum Gasteiger partial charge on any atom is -0.481 e. The number of hydrogen-bond donors (Lipinski definition) is 1. The van der Waals surface area contributed by atoms with Gasteiger partial charge in [0.1, 0.15) is 0 Å². The van der Waals surface area contributed by atoms with E-state index >= 15 is 0 Å². The number of aliphatic carboxylic acids is 1. The van der Waals surface area contributed by atoms with Gasteiger partial charge < -0.3 is 9.84 Å². The van der Waals surface area contributed by atoms with Crippen LogP contribution in [0.25, 0.3) is 0 Å². The van der Waals surface area contributed by atoms with Gasteiger partial charge in [0.15, 0.2) is 0 Å². The zero-order valence-electron chi connectivity index (χ0n) is 12.9. The molecule has 1 aromatic rings. The predicted molar refractivity (Wildman–Crippen MR) is 79.0 cm³/mol. The average Bonchev–Trinajstić information content (AvgIpc) is 3.07. The molecule has 2 heterocycles. The van der Waals surface area contributed by atoms with Crippen LogP contribution in [0.2, 0.25) is 0 Å². The number of ether oxygens (including phenoxy) is 1. The van der Waals surface area contributed by atoms with Crippen LogP contribution in [0.15, 0.2) is 12.4 Å². The summed E-state index contributed by atoms with van der Waals surface area (Å²) < 4.78 is 7.34. The summed E-state index contributed by atoms with van der Waals surface area (Å²) in [4.78, 5) is 13.6. The summed E-state index contributed by atoms with van der Waals surface area (Å²) >= 11 is 0. The Kier molecular flexibility index (Phi) is 5.76. The molecule has 1 fully saturated rings. The second-order valence-electron chi connectivity index (χ2n) is 5.63. The van der Waals surface area contributed by atoms with Crippen LogP contribution in [-0.4, -0.2) is 51.6 Å². The number of rotatable bonds is 8. The first-order valence-corrected chi connectivity index (χ1v) is 7.71. The number of nitrogens with zero attached hydrogens (tertiary/aromatic N) is 3.